The molecule has 0 aromatic carbocycles. The quantitative estimate of drug-likeness (QED) is 0.841. The Labute approximate surface area is 126 Å². The lowest BCUT2D eigenvalue weighted by Crippen LogP contribution is -2.42. The van der Waals surface area contributed by atoms with Gasteiger partial charge in [0.15, 0.2) is 0 Å². The van der Waals surface area contributed by atoms with E-state index in [1.165, 1.54) is 12.8 Å². The number of nitrogens with one attached hydrogen (secondary N) is 1. The molecular formula is C16H25N3O2. The first-order chi connectivity index (χ1) is 10.1. The van der Waals surface area contributed by atoms with Gasteiger partial charge in [-0.05, 0) is 37.8 Å². The van der Waals surface area contributed by atoms with Gasteiger partial charge in [-0.2, -0.15) is 0 Å². The maximum atomic E-state index is 12.1. The lowest BCUT2D eigenvalue weighted by Gasteiger charge is -2.25. The highest BCUT2D eigenvalue weighted by Gasteiger charge is 2.23. The smallest absolute Gasteiger partial charge is 0.252 e. The van der Waals surface area contributed by atoms with E-state index >= 15 is 0 Å². The fraction of sp³-hybridized carbons (Fsp3) is 0.625. The Morgan fingerprint density at radius 1 is 1.33 bits per heavy atom. The van der Waals surface area contributed by atoms with Gasteiger partial charge in [-0.25, -0.2) is 4.98 Å². The van der Waals surface area contributed by atoms with Crippen molar-refractivity contribution < 1.29 is 9.90 Å². The van der Waals surface area contributed by atoms with Gasteiger partial charge in [0.2, 0.25) is 0 Å². The first-order valence-electron chi connectivity index (χ1n) is 7.79. The molecule has 5 heteroatoms. The molecule has 0 saturated carbocycles. The Morgan fingerprint density at radius 2 is 2.00 bits per heavy atom. The number of rotatable bonds is 6. The summed E-state index contributed by atoms with van der Waals surface area (Å²) in [6, 6.07) is 3.69. The average molecular weight is 291 g/mol. The van der Waals surface area contributed by atoms with E-state index in [1.54, 1.807) is 12.3 Å². The summed E-state index contributed by atoms with van der Waals surface area (Å²) in [5.41, 5.74) is -0.286. The third-order valence-electron chi connectivity index (χ3n) is 4.33. The molecule has 2 rings (SSSR count). The van der Waals surface area contributed by atoms with Crippen LogP contribution < -0.4 is 10.2 Å². The van der Waals surface area contributed by atoms with Gasteiger partial charge in [0.25, 0.3) is 5.91 Å². The molecule has 2 N–H and O–H groups in total. The molecule has 1 amide bonds. The van der Waals surface area contributed by atoms with Crippen LogP contribution in [0.5, 0.6) is 0 Å². The third-order valence-corrected chi connectivity index (χ3v) is 4.33. The van der Waals surface area contributed by atoms with E-state index in [-0.39, 0.29) is 12.5 Å². The summed E-state index contributed by atoms with van der Waals surface area (Å²) >= 11 is 0. The molecular weight excluding hydrogens is 266 g/mol. The Bertz CT molecular complexity index is 463. The van der Waals surface area contributed by atoms with Gasteiger partial charge >= 0.3 is 0 Å². The van der Waals surface area contributed by atoms with E-state index in [1.807, 2.05) is 19.9 Å². The number of aromatic nitrogens is 1. The minimum Gasteiger partial charge on any atom is -0.388 e. The van der Waals surface area contributed by atoms with E-state index in [2.05, 4.69) is 15.2 Å². The summed E-state index contributed by atoms with van der Waals surface area (Å²) < 4.78 is 0. The first kappa shape index (κ1) is 15.8. The van der Waals surface area contributed by atoms with Crippen LogP contribution in [0.4, 0.5) is 5.82 Å². The van der Waals surface area contributed by atoms with Crippen LogP contribution in [0.2, 0.25) is 0 Å². The third kappa shape index (κ3) is 3.94. The van der Waals surface area contributed by atoms with Crippen molar-refractivity contribution in [3.05, 3.63) is 23.9 Å². The van der Waals surface area contributed by atoms with Crippen molar-refractivity contribution in [2.45, 2.75) is 45.1 Å². The summed E-state index contributed by atoms with van der Waals surface area (Å²) in [4.78, 5) is 18.7. The van der Waals surface area contributed by atoms with Gasteiger partial charge in [0.1, 0.15) is 5.82 Å². The van der Waals surface area contributed by atoms with Gasteiger partial charge in [-0.3, -0.25) is 4.79 Å². The number of amides is 1. The molecule has 1 aliphatic rings. The molecule has 0 radical (unpaired) electrons. The number of nitrogens with zero attached hydrogens (tertiary/aromatic N) is 2. The van der Waals surface area contributed by atoms with E-state index in [9.17, 15) is 9.90 Å². The van der Waals surface area contributed by atoms with Crippen molar-refractivity contribution in [3.8, 4) is 0 Å². The molecule has 1 aliphatic heterocycles. The molecule has 5 nitrogen and oxygen atoms in total. The van der Waals surface area contributed by atoms with E-state index in [0.29, 0.717) is 18.4 Å². The number of carbonyl (C=O) groups is 1. The van der Waals surface area contributed by atoms with Crippen LogP contribution in [0, 0.1) is 0 Å². The lowest BCUT2D eigenvalue weighted by molar-refractivity contribution is 0.0314. The minimum atomic E-state index is -0.821. The zero-order chi connectivity index (χ0) is 15.3. The normalized spacial score (nSPS) is 15.3. The molecule has 1 fully saturated rings. The van der Waals surface area contributed by atoms with Gasteiger partial charge in [-0.1, -0.05) is 13.8 Å². The first-order valence-corrected chi connectivity index (χ1v) is 7.79. The molecule has 0 unspecified atom stereocenters. The maximum Gasteiger partial charge on any atom is 0.252 e. The van der Waals surface area contributed by atoms with Gasteiger partial charge in [0, 0.05) is 25.8 Å². The summed E-state index contributed by atoms with van der Waals surface area (Å²) in [6.07, 6.45) is 5.26. The van der Waals surface area contributed by atoms with Gasteiger partial charge in [0.05, 0.1) is 11.2 Å². The Balaban J connectivity index is 1.93. The van der Waals surface area contributed by atoms with Crippen LogP contribution in [-0.2, 0) is 0 Å². The molecule has 21 heavy (non-hydrogen) atoms. The molecule has 0 bridgehead atoms. The predicted molar refractivity (Wildman–Crippen MR) is 83.5 cm³/mol. The van der Waals surface area contributed by atoms with Crippen molar-refractivity contribution in [3.63, 3.8) is 0 Å². The number of hydrogen-bond acceptors (Lipinski definition) is 4. The molecule has 116 valence electrons. The van der Waals surface area contributed by atoms with Crippen molar-refractivity contribution >= 4 is 11.7 Å². The summed E-state index contributed by atoms with van der Waals surface area (Å²) in [6.45, 7) is 6.19. The number of hydrogen-bond donors (Lipinski definition) is 2. The van der Waals surface area contributed by atoms with Crippen LogP contribution in [0.1, 0.15) is 49.9 Å². The molecule has 0 atom stereocenters. The molecule has 0 spiro atoms. The molecule has 1 saturated heterocycles. The Kier molecular flexibility index (Phi) is 5.17. The predicted octanol–water partition coefficient (Wildman–Crippen LogP) is 1.96. The van der Waals surface area contributed by atoms with Crippen LogP contribution in [-0.4, -0.2) is 41.2 Å². The van der Waals surface area contributed by atoms with Crippen molar-refractivity contribution in [2.24, 2.45) is 0 Å². The SMILES string of the molecule is CCC(O)(CC)CNC(=O)c1ccc(N2CCCC2)nc1. The van der Waals surface area contributed by atoms with Crippen LogP contribution in [0.3, 0.4) is 0 Å². The molecule has 1 aromatic heterocycles. The standard InChI is InChI=1S/C16H25N3O2/c1-3-16(21,4-2)12-18-15(20)13-7-8-14(17-11-13)19-9-5-6-10-19/h7-8,11,21H,3-6,9-10,12H2,1-2H3,(H,18,20). The fourth-order valence-electron chi connectivity index (χ4n) is 2.50. The largest absolute Gasteiger partial charge is 0.388 e. The summed E-state index contributed by atoms with van der Waals surface area (Å²) in [5.74, 6) is 0.749. The summed E-state index contributed by atoms with van der Waals surface area (Å²) in [7, 11) is 0. The number of anilines is 1. The highest BCUT2D eigenvalue weighted by molar-refractivity contribution is 5.94. The van der Waals surface area contributed by atoms with Crippen molar-refractivity contribution in [2.75, 3.05) is 24.5 Å². The second-order valence-electron chi connectivity index (χ2n) is 5.71. The number of pyridine rings is 1. The number of aliphatic hydroxyl groups is 1. The average Bonchev–Trinajstić information content (AvgIpc) is 3.07. The van der Waals surface area contributed by atoms with Crippen molar-refractivity contribution in [1.82, 2.24) is 10.3 Å². The van der Waals surface area contributed by atoms with E-state index in [4.69, 9.17) is 0 Å². The van der Waals surface area contributed by atoms with Gasteiger partial charge < -0.3 is 15.3 Å². The van der Waals surface area contributed by atoms with E-state index in [0.717, 1.165) is 18.9 Å². The van der Waals surface area contributed by atoms with Crippen LogP contribution in [0.15, 0.2) is 18.3 Å². The maximum absolute atomic E-state index is 12.1. The highest BCUT2D eigenvalue weighted by Crippen LogP contribution is 2.18. The van der Waals surface area contributed by atoms with Crippen LogP contribution in [0.25, 0.3) is 0 Å². The monoisotopic (exact) mass is 291 g/mol. The number of carbonyl (C=O) groups excluding carboxylic acids is 1. The second kappa shape index (κ2) is 6.89. The Morgan fingerprint density at radius 3 is 2.52 bits per heavy atom. The zero-order valence-corrected chi connectivity index (χ0v) is 12.9. The topological polar surface area (TPSA) is 65.5 Å². The summed E-state index contributed by atoms with van der Waals surface area (Å²) in [5, 5.41) is 13.0. The van der Waals surface area contributed by atoms with Crippen LogP contribution >= 0.6 is 0 Å². The second-order valence-corrected chi connectivity index (χ2v) is 5.71. The minimum absolute atomic E-state index is 0.184. The zero-order valence-electron chi connectivity index (χ0n) is 12.9. The molecule has 2 heterocycles. The highest BCUT2D eigenvalue weighted by atomic mass is 16.3. The molecule has 0 aliphatic carbocycles. The lowest BCUT2D eigenvalue weighted by atomic mass is 9.97. The molecule has 1 aromatic rings. The van der Waals surface area contributed by atoms with E-state index < -0.39 is 5.60 Å². The fourth-order valence-corrected chi connectivity index (χ4v) is 2.50. The van der Waals surface area contributed by atoms with Crippen molar-refractivity contribution in [1.29, 1.82) is 0 Å². The van der Waals surface area contributed by atoms with Gasteiger partial charge in [-0.15, -0.1) is 0 Å². The Hall–Kier alpha value is -1.62.